The van der Waals surface area contributed by atoms with E-state index in [1.165, 1.54) is 0 Å². The summed E-state index contributed by atoms with van der Waals surface area (Å²) in [5, 5.41) is 0. The van der Waals surface area contributed by atoms with Crippen molar-refractivity contribution >= 4 is 46.1 Å². The molecule has 11 rings (SSSR count). The molecule has 0 N–H and O–H groups in total. The van der Waals surface area contributed by atoms with Crippen LogP contribution in [-0.4, -0.2) is 50.5 Å². The summed E-state index contributed by atoms with van der Waals surface area (Å²) in [7, 11) is 0. The van der Waals surface area contributed by atoms with Gasteiger partial charge in [0.1, 0.15) is 34.7 Å². The zero-order valence-corrected chi connectivity index (χ0v) is 37.0. The van der Waals surface area contributed by atoms with Gasteiger partial charge in [-0.1, -0.05) is 66.7 Å². The van der Waals surface area contributed by atoms with Crippen molar-refractivity contribution in [3.05, 3.63) is 163 Å². The van der Waals surface area contributed by atoms with Gasteiger partial charge in [-0.05, 0) is 139 Å². The number of rotatable bonds is 6. The summed E-state index contributed by atoms with van der Waals surface area (Å²) in [6.07, 6.45) is 3.89. The molecule has 0 saturated carbocycles. The highest BCUT2D eigenvalue weighted by molar-refractivity contribution is 6.98. The van der Waals surface area contributed by atoms with Crippen molar-refractivity contribution < 1.29 is 9.47 Å². The van der Waals surface area contributed by atoms with Gasteiger partial charge in [0.05, 0.1) is 33.5 Å². The number of hydrogen-bond donors (Lipinski definition) is 0. The van der Waals surface area contributed by atoms with Gasteiger partial charge in [-0.25, -0.2) is 0 Å². The maximum Gasteiger partial charge on any atom is 0.260 e. The molecule has 63 heavy (non-hydrogen) atoms. The number of para-hydroxylation sites is 2. The average molecular weight is 825 g/mol. The zero-order chi connectivity index (χ0) is 43.5. The van der Waals surface area contributed by atoms with Crippen molar-refractivity contribution in [1.82, 2.24) is 9.97 Å². The molecule has 7 aromatic rings. The first-order valence-electron chi connectivity index (χ1n) is 21.8. The minimum absolute atomic E-state index is 0.0652. The smallest absolute Gasteiger partial charge is 0.260 e. The highest BCUT2D eigenvalue weighted by atomic mass is 16.5. The molecule has 6 heterocycles. The van der Waals surface area contributed by atoms with Crippen LogP contribution in [0.15, 0.2) is 162 Å². The van der Waals surface area contributed by atoms with E-state index in [-0.39, 0.29) is 28.9 Å². The molecule has 0 saturated heterocycles. The Morgan fingerprint density at radius 3 is 1.24 bits per heavy atom. The molecule has 8 nitrogen and oxygen atoms in total. The number of aliphatic imine (C=N–C) groups is 2. The van der Waals surface area contributed by atoms with Crippen molar-refractivity contribution in [2.75, 3.05) is 9.80 Å². The van der Waals surface area contributed by atoms with E-state index in [1.807, 2.05) is 42.7 Å². The van der Waals surface area contributed by atoms with Crippen LogP contribution in [0.3, 0.4) is 0 Å². The highest BCUT2D eigenvalue weighted by Crippen LogP contribution is 2.44. The number of amidine groups is 2. The molecule has 5 aromatic carbocycles. The van der Waals surface area contributed by atoms with Crippen LogP contribution >= 0.6 is 0 Å². The minimum Gasteiger partial charge on any atom is -0.458 e. The van der Waals surface area contributed by atoms with E-state index in [4.69, 9.17) is 29.4 Å². The van der Waals surface area contributed by atoms with Gasteiger partial charge < -0.3 is 19.3 Å². The Hall–Kier alpha value is -7.00. The van der Waals surface area contributed by atoms with Gasteiger partial charge in [0, 0.05) is 51.5 Å². The van der Waals surface area contributed by atoms with Gasteiger partial charge >= 0.3 is 0 Å². The van der Waals surface area contributed by atoms with E-state index in [1.54, 1.807) is 0 Å². The third-order valence-electron chi connectivity index (χ3n) is 14.4. The van der Waals surface area contributed by atoms with Crippen molar-refractivity contribution in [1.29, 1.82) is 0 Å². The van der Waals surface area contributed by atoms with Crippen molar-refractivity contribution in [3.8, 4) is 45.5 Å². The fraction of sp³-hybridized carbons (Fsp3) is 0.222. The lowest BCUT2D eigenvalue weighted by atomic mass is 9.35. The summed E-state index contributed by atoms with van der Waals surface area (Å²) in [6, 6.07) is 48.4. The third-order valence-corrected chi connectivity index (χ3v) is 14.4. The number of benzene rings is 5. The van der Waals surface area contributed by atoms with Crippen molar-refractivity contribution in [2.24, 2.45) is 9.98 Å². The van der Waals surface area contributed by atoms with Crippen LogP contribution in [0.25, 0.3) is 22.5 Å². The molecule has 0 amide bonds. The van der Waals surface area contributed by atoms with Crippen molar-refractivity contribution in [2.45, 2.75) is 77.5 Å². The van der Waals surface area contributed by atoms with Gasteiger partial charge in [0.25, 0.3) is 6.71 Å². The Balaban J connectivity index is 0.896. The molecule has 0 spiro atoms. The van der Waals surface area contributed by atoms with E-state index >= 15 is 0 Å². The van der Waals surface area contributed by atoms with Gasteiger partial charge in [-0.15, -0.1) is 0 Å². The van der Waals surface area contributed by atoms with E-state index in [2.05, 4.69) is 174 Å². The number of aromatic nitrogens is 2. The summed E-state index contributed by atoms with van der Waals surface area (Å²) in [5.41, 5.74) is 10.00. The van der Waals surface area contributed by atoms with E-state index in [9.17, 15) is 0 Å². The lowest BCUT2D eigenvalue weighted by molar-refractivity contribution is 0.338. The van der Waals surface area contributed by atoms with Crippen LogP contribution in [0.4, 0.5) is 11.4 Å². The first-order valence-corrected chi connectivity index (χ1v) is 21.8. The molecule has 0 bridgehead atoms. The first-order chi connectivity index (χ1) is 30.2. The number of fused-ring (bicyclic) bond motifs is 4. The maximum atomic E-state index is 6.67. The molecule has 9 heteroatoms. The lowest BCUT2D eigenvalue weighted by Gasteiger charge is -2.41. The summed E-state index contributed by atoms with van der Waals surface area (Å²) >= 11 is 0. The van der Waals surface area contributed by atoms with E-state index in [0.717, 1.165) is 96.1 Å². The fourth-order valence-corrected chi connectivity index (χ4v) is 9.55. The van der Waals surface area contributed by atoms with Crippen LogP contribution < -0.4 is 35.7 Å². The quantitative estimate of drug-likeness (QED) is 0.156. The van der Waals surface area contributed by atoms with Gasteiger partial charge in [0.2, 0.25) is 0 Å². The normalized spacial score (nSPS) is 18.1. The van der Waals surface area contributed by atoms with E-state index in [0.29, 0.717) is 0 Å². The molecule has 2 aromatic heterocycles. The summed E-state index contributed by atoms with van der Waals surface area (Å²) in [4.78, 5) is 25.2. The molecule has 0 atom stereocenters. The fourth-order valence-electron chi connectivity index (χ4n) is 9.55. The number of nitrogens with zero attached hydrogens (tertiary/aromatic N) is 6. The summed E-state index contributed by atoms with van der Waals surface area (Å²) in [5.74, 6) is 5.07. The minimum atomic E-state index is -0.303. The van der Waals surface area contributed by atoms with Gasteiger partial charge in [-0.3, -0.25) is 20.0 Å². The van der Waals surface area contributed by atoms with Crippen LogP contribution in [0.2, 0.25) is 0 Å². The second-order valence-corrected chi connectivity index (χ2v) is 19.1. The summed E-state index contributed by atoms with van der Waals surface area (Å²) < 4.78 is 13.3. The third kappa shape index (κ3) is 5.96. The number of pyridine rings is 2. The summed E-state index contributed by atoms with van der Waals surface area (Å²) in [6.45, 7) is 17.8. The van der Waals surface area contributed by atoms with Crippen LogP contribution in [-0.2, 0) is 0 Å². The maximum absolute atomic E-state index is 6.67. The molecular weight excluding hydrogens is 775 g/mol. The SMILES string of the molecule is CC1(C)N=C(c2ccc(-c3ccc4c(c3)Oc3cccc5c3B4c3ccc(-c4ccc(C6=NC(C)(C)C(C)(C)N6c6ccccc6)cn4)cc3O5)nc2)N(c2ccccc2)C1(C)C. The predicted molar refractivity (Wildman–Crippen MR) is 258 cm³/mol. The standard InChI is InChI=1S/C54H49BN6O2/c1-51(2)53(5,6)60(38-16-11-9-12-17-38)49(58-51)36-24-28-42(56-32-36)34-22-26-40-46(30-34)62-44-20-15-21-45-48(44)55(40)41-27-23-35(31-47(41)63-45)43-29-25-37(33-57-43)50-59-52(3,4)54(7,8)61(50)39-18-13-10-14-19-39/h9-33H,1-8H3. The topological polar surface area (TPSA) is 75.4 Å². The molecule has 0 radical (unpaired) electrons. The molecule has 4 aliphatic heterocycles. The highest BCUT2D eigenvalue weighted by Gasteiger charge is 2.51. The molecular formula is C54H49BN6O2. The molecule has 4 aliphatic rings. The Morgan fingerprint density at radius 1 is 0.429 bits per heavy atom. The Labute approximate surface area is 370 Å². The Kier molecular flexibility index (Phi) is 8.49. The number of hydrogen-bond acceptors (Lipinski definition) is 8. The van der Waals surface area contributed by atoms with Crippen LogP contribution in [0.1, 0.15) is 66.5 Å². The average Bonchev–Trinajstić information content (AvgIpc) is 3.61. The second kappa shape index (κ2) is 13.8. The lowest BCUT2D eigenvalue weighted by Crippen LogP contribution is -2.57. The Morgan fingerprint density at radius 2 is 0.841 bits per heavy atom. The number of ether oxygens (including phenoxy) is 2. The molecule has 0 fully saturated rings. The second-order valence-electron chi connectivity index (χ2n) is 19.1. The van der Waals surface area contributed by atoms with Gasteiger partial charge in [-0.2, -0.15) is 0 Å². The predicted octanol–water partition coefficient (Wildman–Crippen LogP) is 10.2. The van der Waals surface area contributed by atoms with E-state index < -0.39 is 0 Å². The zero-order valence-electron chi connectivity index (χ0n) is 37.0. The first kappa shape index (κ1) is 38.9. The van der Waals surface area contributed by atoms with Crippen molar-refractivity contribution in [3.63, 3.8) is 0 Å². The largest absolute Gasteiger partial charge is 0.458 e. The number of anilines is 2. The van der Waals surface area contributed by atoms with Crippen LogP contribution in [0, 0.1) is 0 Å². The van der Waals surface area contributed by atoms with Crippen LogP contribution in [0.5, 0.6) is 23.0 Å². The Bertz CT molecular complexity index is 2810. The van der Waals surface area contributed by atoms with Gasteiger partial charge in [0.15, 0.2) is 0 Å². The molecule has 310 valence electrons. The molecule has 0 unspecified atom stereocenters. The molecule has 0 aliphatic carbocycles. The monoisotopic (exact) mass is 824 g/mol.